The zero-order valence-corrected chi connectivity index (χ0v) is 19.9. The van der Waals surface area contributed by atoms with Gasteiger partial charge in [0.25, 0.3) is 5.91 Å². The van der Waals surface area contributed by atoms with E-state index in [0.717, 1.165) is 25.2 Å². The Hall–Kier alpha value is -3.61. The van der Waals surface area contributed by atoms with Gasteiger partial charge in [-0.25, -0.2) is 4.98 Å². The van der Waals surface area contributed by atoms with E-state index in [-0.39, 0.29) is 18.2 Å². The minimum atomic E-state index is -0.599. The van der Waals surface area contributed by atoms with E-state index in [1.54, 1.807) is 23.3 Å². The van der Waals surface area contributed by atoms with Crippen LogP contribution in [0, 0.1) is 13.8 Å². The molecule has 5 rings (SSSR count). The molecule has 1 fully saturated rings. The van der Waals surface area contributed by atoms with Gasteiger partial charge >= 0.3 is 0 Å². The number of benzene rings is 2. The highest BCUT2D eigenvalue weighted by molar-refractivity contribution is 6.00. The van der Waals surface area contributed by atoms with Crippen LogP contribution in [-0.2, 0) is 16.0 Å². The summed E-state index contributed by atoms with van der Waals surface area (Å²) >= 11 is 0. The molecule has 2 amide bonds. The summed E-state index contributed by atoms with van der Waals surface area (Å²) in [4.78, 5) is 37.2. The number of nitrogens with zero attached hydrogens (tertiary/aromatic N) is 5. The number of hydrogen-bond donors (Lipinski definition) is 0. The molecule has 1 aromatic heterocycles. The number of amides is 2. The maximum Gasteiger partial charge on any atom is 0.250 e. The first-order valence-electron chi connectivity index (χ1n) is 12.0. The van der Waals surface area contributed by atoms with E-state index in [1.807, 2.05) is 28.0 Å². The molecule has 176 valence electrons. The van der Waals surface area contributed by atoms with Crippen molar-refractivity contribution in [1.29, 1.82) is 0 Å². The first-order chi connectivity index (χ1) is 16.5. The molecule has 34 heavy (non-hydrogen) atoms. The SMILES string of the molecule is Cc1ccc(C)c(N2CCN(C(=O)CC(C(=O)N3CCc4ccccc43)n3ccnc3)CC2)c1. The molecule has 3 aromatic rings. The fraction of sp³-hybridized carbons (Fsp3) is 0.370. The Morgan fingerprint density at radius 3 is 2.53 bits per heavy atom. The summed E-state index contributed by atoms with van der Waals surface area (Å²) in [6, 6.07) is 13.9. The van der Waals surface area contributed by atoms with Gasteiger partial charge in [-0.05, 0) is 49.1 Å². The van der Waals surface area contributed by atoms with Crippen molar-refractivity contribution < 1.29 is 9.59 Å². The predicted octanol–water partition coefficient (Wildman–Crippen LogP) is 3.37. The van der Waals surface area contributed by atoms with Gasteiger partial charge in [0.2, 0.25) is 5.91 Å². The van der Waals surface area contributed by atoms with E-state index < -0.39 is 6.04 Å². The lowest BCUT2D eigenvalue weighted by Gasteiger charge is -2.37. The van der Waals surface area contributed by atoms with Gasteiger partial charge in [-0.2, -0.15) is 0 Å². The maximum atomic E-state index is 13.6. The molecule has 3 heterocycles. The number of piperazine rings is 1. The highest BCUT2D eigenvalue weighted by Gasteiger charge is 2.34. The quantitative estimate of drug-likeness (QED) is 0.589. The van der Waals surface area contributed by atoms with E-state index in [9.17, 15) is 9.59 Å². The van der Waals surface area contributed by atoms with E-state index >= 15 is 0 Å². The average molecular weight is 458 g/mol. The van der Waals surface area contributed by atoms with Crippen molar-refractivity contribution in [3.63, 3.8) is 0 Å². The zero-order chi connectivity index (χ0) is 23.7. The van der Waals surface area contributed by atoms with E-state index in [2.05, 4.69) is 48.0 Å². The van der Waals surface area contributed by atoms with Gasteiger partial charge in [0, 0.05) is 56.5 Å². The van der Waals surface area contributed by atoms with E-state index in [4.69, 9.17) is 0 Å². The normalized spacial score (nSPS) is 16.5. The van der Waals surface area contributed by atoms with Crippen LogP contribution in [0.3, 0.4) is 0 Å². The van der Waals surface area contributed by atoms with Crippen molar-refractivity contribution in [3.05, 3.63) is 77.9 Å². The molecule has 1 atom stereocenters. The van der Waals surface area contributed by atoms with Crippen LogP contribution >= 0.6 is 0 Å². The summed E-state index contributed by atoms with van der Waals surface area (Å²) in [7, 11) is 0. The van der Waals surface area contributed by atoms with E-state index in [0.29, 0.717) is 19.6 Å². The standard InChI is InChI=1S/C27H31N5O2/c1-20-7-8-21(2)24(17-20)29-13-15-30(16-14-29)26(33)18-25(31-12-10-28-19-31)27(34)32-11-9-22-5-3-4-6-23(22)32/h3-8,10,12,17,19,25H,9,11,13-16,18H2,1-2H3. The molecule has 0 radical (unpaired) electrons. The molecule has 7 nitrogen and oxygen atoms in total. The molecule has 0 spiro atoms. The van der Waals surface area contributed by atoms with Crippen molar-refractivity contribution in [2.75, 3.05) is 42.5 Å². The Morgan fingerprint density at radius 2 is 1.76 bits per heavy atom. The van der Waals surface area contributed by atoms with Crippen LogP contribution in [0.25, 0.3) is 0 Å². The Morgan fingerprint density at radius 1 is 0.971 bits per heavy atom. The third-order valence-corrected chi connectivity index (χ3v) is 7.03. The number of imidazole rings is 1. The second kappa shape index (κ2) is 9.33. The van der Waals surface area contributed by atoms with Gasteiger partial charge in [0.05, 0.1) is 12.7 Å². The van der Waals surface area contributed by atoms with Gasteiger partial charge in [0.15, 0.2) is 0 Å². The fourth-order valence-electron chi connectivity index (χ4n) is 5.07. The van der Waals surface area contributed by atoms with Crippen LogP contribution in [-0.4, -0.2) is 59.0 Å². The fourth-order valence-corrected chi connectivity index (χ4v) is 5.07. The number of para-hydroxylation sites is 1. The summed E-state index contributed by atoms with van der Waals surface area (Å²) in [5.41, 5.74) is 5.86. The number of anilines is 2. The molecular formula is C27H31N5O2. The summed E-state index contributed by atoms with van der Waals surface area (Å²) in [5, 5.41) is 0. The molecule has 2 aromatic carbocycles. The van der Waals surface area contributed by atoms with Crippen LogP contribution in [0.5, 0.6) is 0 Å². The number of aromatic nitrogens is 2. The molecule has 0 aliphatic carbocycles. The predicted molar refractivity (Wildman–Crippen MR) is 133 cm³/mol. The monoisotopic (exact) mass is 457 g/mol. The third kappa shape index (κ3) is 4.30. The lowest BCUT2D eigenvalue weighted by molar-refractivity contribution is -0.135. The van der Waals surface area contributed by atoms with E-state index in [1.165, 1.54) is 22.4 Å². The second-order valence-electron chi connectivity index (χ2n) is 9.26. The van der Waals surface area contributed by atoms with Crippen molar-refractivity contribution in [1.82, 2.24) is 14.5 Å². The molecule has 0 saturated carbocycles. The topological polar surface area (TPSA) is 61.7 Å². The number of rotatable bonds is 5. The molecule has 1 saturated heterocycles. The molecule has 1 unspecified atom stereocenters. The number of carbonyl (C=O) groups excluding carboxylic acids is 2. The maximum absolute atomic E-state index is 13.6. The van der Waals surface area contributed by atoms with Crippen LogP contribution in [0.2, 0.25) is 0 Å². The summed E-state index contributed by atoms with van der Waals surface area (Å²) < 4.78 is 1.77. The summed E-state index contributed by atoms with van der Waals surface area (Å²) in [6.07, 6.45) is 6.04. The smallest absolute Gasteiger partial charge is 0.250 e. The lowest BCUT2D eigenvalue weighted by Crippen LogP contribution is -2.50. The first-order valence-corrected chi connectivity index (χ1v) is 12.0. The minimum Gasteiger partial charge on any atom is -0.368 e. The first kappa shape index (κ1) is 22.2. The van der Waals surface area contributed by atoms with Crippen molar-refractivity contribution in [2.45, 2.75) is 32.7 Å². The summed E-state index contributed by atoms with van der Waals surface area (Å²) in [5.74, 6) is -0.0366. The molecule has 7 heteroatoms. The van der Waals surface area contributed by atoms with Gasteiger partial charge < -0.3 is 19.3 Å². The van der Waals surface area contributed by atoms with Gasteiger partial charge in [-0.3, -0.25) is 9.59 Å². The van der Waals surface area contributed by atoms with Crippen LogP contribution < -0.4 is 9.80 Å². The Labute approximate surface area is 200 Å². The third-order valence-electron chi connectivity index (χ3n) is 7.03. The molecule has 2 aliphatic rings. The average Bonchev–Trinajstić information content (AvgIpc) is 3.54. The van der Waals surface area contributed by atoms with Crippen molar-refractivity contribution in [2.24, 2.45) is 0 Å². The number of carbonyl (C=O) groups is 2. The highest BCUT2D eigenvalue weighted by atomic mass is 16.2. The lowest BCUT2D eigenvalue weighted by atomic mass is 10.1. The van der Waals surface area contributed by atoms with Gasteiger partial charge in [-0.15, -0.1) is 0 Å². The van der Waals surface area contributed by atoms with Crippen LogP contribution in [0.4, 0.5) is 11.4 Å². The number of fused-ring (bicyclic) bond motifs is 1. The molecule has 2 aliphatic heterocycles. The van der Waals surface area contributed by atoms with Crippen molar-refractivity contribution >= 4 is 23.2 Å². The molecule has 0 bridgehead atoms. The zero-order valence-electron chi connectivity index (χ0n) is 19.9. The van der Waals surface area contributed by atoms with Gasteiger partial charge in [-0.1, -0.05) is 30.3 Å². The number of aryl methyl sites for hydroxylation is 2. The van der Waals surface area contributed by atoms with Crippen LogP contribution in [0.1, 0.15) is 29.2 Å². The summed E-state index contributed by atoms with van der Waals surface area (Å²) in [6.45, 7) is 7.77. The highest BCUT2D eigenvalue weighted by Crippen LogP contribution is 2.31. The molecule has 0 N–H and O–H groups in total. The molecular weight excluding hydrogens is 426 g/mol. The minimum absolute atomic E-state index is 0.0140. The Kier molecular flexibility index (Phi) is 6.09. The Bertz CT molecular complexity index is 1180. The Balaban J connectivity index is 1.28. The van der Waals surface area contributed by atoms with Crippen molar-refractivity contribution in [3.8, 4) is 0 Å². The van der Waals surface area contributed by atoms with Crippen LogP contribution in [0.15, 0.2) is 61.2 Å². The largest absolute Gasteiger partial charge is 0.368 e. The second-order valence-corrected chi connectivity index (χ2v) is 9.26. The van der Waals surface area contributed by atoms with Gasteiger partial charge in [0.1, 0.15) is 6.04 Å². The number of hydrogen-bond acceptors (Lipinski definition) is 4.